The Labute approximate surface area is 126 Å². The Kier molecular flexibility index (Phi) is 3.55. The normalized spacial score (nSPS) is 15.5. The van der Waals surface area contributed by atoms with E-state index in [1.54, 1.807) is 12.1 Å². The molecule has 0 radical (unpaired) electrons. The molecule has 6 nitrogen and oxygen atoms in total. The van der Waals surface area contributed by atoms with Crippen molar-refractivity contribution in [1.29, 1.82) is 0 Å². The molecule has 1 aliphatic carbocycles. The minimum Gasteiger partial charge on any atom is -0.463 e. The Morgan fingerprint density at radius 2 is 2.14 bits per heavy atom. The summed E-state index contributed by atoms with van der Waals surface area (Å²) in [5.41, 5.74) is 0.484. The van der Waals surface area contributed by atoms with Gasteiger partial charge in [0.1, 0.15) is 0 Å². The molecule has 0 atom stereocenters. The summed E-state index contributed by atoms with van der Waals surface area (Å²) < 4.78 is 5.15. The zero-order valence-electron chi connectivity index (χ0n) is 11.5. The third-order valence-corrected chi connectivity index (χ3v) is 3.80. The quantitative estimate of drug-likeness (QED) is 0.889. The number of carbonyl (C=O) groups is 1. The molecule has 1 heterocycles. The number of rotatable bonds is 5. The van der Waals surface area contributed by atoms with E-state index in [0.29, 0.717) is 17.6 Å². The third kappa shape index (κ3) is 2.71. The van der Waals surface area contributed by atoms with Gasteiger partial charge in [-0.3, -0.25) is 10.1 Å². The van der Waals surface area contributed by atoms with Crippen LogP contribution in [-0.2, 0) is 10.2 Å². The minimum atomic E-state index is -0.483. The first-order valence-electron chi connectivity index (χ1n) is 6.77. The van der Waals surface area contributed by atoms with E-state index in [4.69, 9.17) is 16.3 Å². The lowest BCUT2D eigenvalue weighted by molar-refractivity contribution is -0.118. The van der Waals surface area contributed by atoms with Crippen molar-refractivity contribution in [1.82, 2.24) is 15.2 Å². The number of hydrogen-bond acceptors (Lipinski definition) is 4. The largest absolute Gasteiger partial charge is 0.463 e. The van der Waals surface area contributed by atoms with Gasteiger partial charge < -0.3 is 4.74 Å². The number of nitrogens with one attached hydrogen (secondary N) is 2. The van der Waals surface area contributed by atoms with Gasteiger partial charge in [-0.2, -0.15) is 4.98 Å². The van der Waals surface area contributed by atoms with Gasteiger partial charge in [-0.15, -0.1) is 5.10 Å². The van der Waals surface area contributed by atoms with Crippen LogP contribution in [-0.4, -0.2) is 27.7 Å². The smallest absolute Gasteiger partial charge is 0.337 e. The van der Waals surface area contributed by atoms with Crippen LogP contribution in [0.5, 0.6) is 6.01 Å². The van der Waals surface area contributed by atoms with E-state index < -0.39 is 5.41 Å². The number of halogens is 1. The number of ether oxygens (including phenoxy) is 1. The van der Waals surface area contributed by atoms with Crippen LogP contribution in [0, 0.1) is 0 Å². The lowest BCUT2D eigenvalue weighted by Crippen LogP contribution is -2.28. The fourth-order valence-corrected chi connectivity index (χ4v) is 2.39. The molecule has 0 unspecified atom stereocenters. The molecular formula is C14H15ClN4O2. The third-order valence-electron chi connectivity index (χ3n) is 3.55. The Bertz CT molecular complexity index is 649. The second-order valence-corrected chi connectivity index (χ2v) is 5.38. The van der Waals surface area contributed by atoms with Gasteiger partial charge >= 0.3 is 6.01 Å². The molecule has 1 aromatic heterocycles. The van der Waals surface area contributed by atoms with Crippen molar-refractivity contribution in [2.45, 2.75) is 25.2 Å². The van der Waals surface area contributed by atoms with Crippen molar-refractivity contribution >= 4 is 23.5 Å². The first kappa shape index (κ1) is 13.9. The number of benzene rings is 1. The molecule has 7 heteroatoms. The highest BCUT2D eigenvalue weighted by Crippen LogP contribution is 2.49. The van der Waals surface area contributed by atoms with Crippen LogP contribution in [0.1, 0.15) is 25.3 Å². The van der Waals surface area contributed by atoms with Crippen LogP contribution in [0.4, 0.5) is 5.95 Å². The van der Waals surface area contributed by atoms with Crippen LogP contribution in [0.2, 0.25) is 5.02 Å². The second kappa shape index (κ2) is 5.37. The molecule has 3 rings (SSSR count). The van der Waals surface area contributed by atoms with E-state index in [1.165, 1.54) is 0 Å². The molecule has 0 aliphatic heterocycles. The van der Waals surface area contributed by atoms with Gasteiger partial charge in [-0.05, 0) is 37.5 Å². The second-order valence-electron chi connectivity index (χ2n) is 4.94. The van der Waals surface area contributed by atoms with Crippen molar-refractivity contribution < 1.29 is 9.53 Å². The first-order chi connectivity index (χ1) is 10.1. The summed E-state index contributed by atoms with van der Waals surface area (Å²) in [6.45, 7) is 2.31. The summed E-state index contributed by atoms with van der Waals surface area (Å²) in [5.74, 6) is 0.202. The van der Waals surface area contributed by atoms with Crippen molar-refractivity contribution in [2.75, 3.05) is 11.9 Å². The van der Waals surface area contributed by atoms with Crippen molar-refractivity contribution in [3.05, 3.63) is 34.9 Å². The van der Waals surface area contributed by atoms with Crippen LogP contribution >= 0.6 is 11.6 Å². The molecule has 1 fully saturated rings. The fraction of sp³-hybridized carbons (Fsp3) is 0.357. The van der Waals surface area contributed by atoms with E-state index in [1.807, 2.05) is 19.1 Å². The SMILES string of the molecule is CCOc1n[nH]c(NC(=O)C2(c3ccc(Cl)cc3)CC2)n1. The van der Waals surface area contributed by atoms with Crippen molar-refractivity contribution in [3.8, 4) is 6.01 Å². The number of nitrogens with zero attached hydrogens (tertiary/aromatic N) is 2. The molecule has 1 aliphatic rings. The van der Waals surface area contributed by atoms with E-state index in [9.17, 15) is 4.79 Å². The van der Waals surface area contributed by atoms with Crippen LogP contribution in [0.25, 0.3) is 0 Å². The standard InChI is InChI=1S/C14H15ClN4O2/c1-2-21-13-17-12(18-19-13)16-11(20)14(7-8-14)9-3-5-10(15)6-4-9/h3-6H,2,7-8H2,1H3,(H2,16,17,18,19,20). The van der Waals surface area contributed by atoms with E-state index in [2.05, 4.69) is 20.5 Å². The molecule has 0 spiro atoms. The van der Waals surface area contributed by atoms with E-state index in [0.717, 1.165) is 18.4 Å². The predicted octanol–water partition coefficient (Wildman–Crippen LogP) is 2.53. The molecule has 21 heavy (non-hydrogen) atoms. The number of hydrogen-bond donors (Lipinski definition) is 2. The highest BCUT2D eigenvalue weighted by Gasteiger charge is 2.51. The van der Waals surface area contributed by atoms with Crippen LogP contribution in [0.3, 0.4) is 0 Å². The molecule has 2 aromatic rings. The van der Waals surface area contributed by atoms with Gasteiger partial charge in [-0.1, -0.05) is 23.7 Å². The van der Waals surface area contributed by atoms with Crippen molar-refractivity contribution in [3.63, 3.8) is 0 Å². The predicted molar refractivity (Wildman–Crippen MR) is 78.5 cm³/mol. The number of aromatic amines is 1. The summed E-state index contributed by atoms with van der Waals surface area (Å²) in [6.07, 6.45) is 1.62. The monoisotopic (exact) mass is 306 g/mol. The highest BCUT2D eigenvalue weighted by atomic mass is 35.5. The lowest BCUT2D eigenvalue weighted by Gasteiger charge is -2.14. The molecule has 0 saturated heterocycles. The van der Waals surface area contributed by atoms with Gasteiger partial charge in [0.25, 0.3) is 0 Å². The average Bonchev–Trinajstić information content (AvgIpc) is 3.17. The average molecular weight is 307 g/mol. The van der Waals surface area contributed by atoms with E-state index in [-0.39, 0.29) is 11.9 Å². The summed E-state index contributed by atoms with van der Waals surface area (Å²) >= 11 is 5.89. The lowest BCUT2D eigenvalue weighted by atomic mass is 9.95. The number of aromatic nitrogens is 3. The highest BCUT2D eigenvalue weighted by molar-refractivity contribution is 6.30. The molecular weight excluding hydrogens is 292 g/mol. The Morgan fingerprint density at radius 1 is 1.43 bits per heavy atom. The summed E-state index contributed by atoms with van der Waals surface area (Å²) in [6, 6.07) is 7.60. The zero-order chi connectivity index (χ0) is 14.9. The van der Waals surface area contributed by atoms with Crippen molar-refractivity contribution in [2.24, 2.45) is 0 Å². The molecule has 1 amide bonds. The minimum absolute atomic E-state index is 0.0935. The summed E-state index contributed by atoms with van der Waals surface area (Å²) in [5, 5.41) is 9.91. The van der Waals surface area contributed by atoms with E-state index >= 15 is 0 Å². The summed E-state index contributed by atoms with van der Waals surface area (Å²) in [7, 11) is 0. The van der Waals surface area contributed by atoms with Gasteiger partial charge in [-0.25, -0.2) is 5.10 Å². The number of amides is 1. The maximum absolute atomic E-state index is 12.5. The van der Waals surface area contributed by atoms with Gasteiger partial charge in [0.05, 0.1) is 12.0 Å². The molecule has 110 valence electrons. The number of anilines is 1. The summed E-state index contributed by atoms with van der Waals surface area (Å²) in [4.78, 5) is 16.5. The molecule has 0 bridgehead atoms. The number of carbonyl (C=O) groups excluding carboxylic acids is 1. The fourth-order valence-electron chi connectivity index (χ4n) is 2.26. The Balaban J connectivity index is 1.73. The molecule has 1 saturated carbocycles. The van der Waals surface area contributed by atoms with Gasteiger partial charge in [0, 0.05) is 5.02 Å². The maximum atomic E-state index is 12.5. The number of H-pyrrole nitrogens is 1. The Hall–Kier alpha value is -2.08. The topological polar surface area (TPSA) is 79.9 Å². The van der Waals surface area contributed by atoms with Crippen LogP contribution < -0.4 is 10.1 Å². The molecule has 2 N–H and O–H groups in total. The van der Waals surface area contributed by atoms with Gasteiger partial charge in [0.15, 0.2) is 0 Å². The van der Waals surface area contributed by atoms with Crippen LogP contribution in [0.15, 0.2) is 24.3 Å². The first-order valence-corrected chi connectivity index (χ1v) is 7.14. The van der Waals surface area contributed by atoms with Gasteiger partial charge in [0.2, 0.25) is 11.9 Å². The Morgan fingerprint density at radius 3 is 2.76 bits per heavy atom. The molecule has 1 aromatic carbocycles. The zero-order valence-corrected chi connectivity index (χ0v) is 12.3. The maximum Gasteiger partial charge on any atom is 0.337 e.